The van der Waals surface area contributed by atoms with Crippen molar-refractivity contribution in [2.24, 2.45) is 0 Å². The number of tetrazole rings is 1. The van der Waals surface area contributed by atoms with E-state index in [1.165, 1.54) is 0 Å². The number of nitrogens with zero attached hydrogens (tertiary/aromatic N) is 6. The first kappa shape index (κ1) is 22.3. The Morgan fingerprint density at radius 1 is 1.27 bits per heavy atom. The Hall–Kier alpha value is -2.37. The van der Waals surface area contributed by atoms with E-state index in [2.05, 4.69) is 15.5 Å². The lowest BCUT2D eigenvalue weighted by molar-refractivity contribution is -0.130. The van der Waals surface area contributed by atoms with Gasteiger partial charge in [-0.25, -0.2) is 13.1 Å². The van der Waals surface area contributed by atoms with Crippen LogP contribution in [0.4, 0.5) is 0 Å². The Morgan fingerprint density at radius 3 is 2.67 bits per heavy atom. The predicted octanol–water partition coefficient (Wildman–Crippen LogP) is 0.173. The third kappa shape index (κ3) is 4.52. The average Bonchev–Trinajstić information content (AvgIpc) is 3.39. The molecule has 1 aliphatic rings. The highest BCUT2D eigenvalue weighted by atomic mass is 32.2. The maximum Gasteiger partial charge on any atom is 0.223 e. The van der Waals surface area contributed by atoms with Gasteiger partial charge in [-0.1, -0.05) is 18.2 Å². The molecule has 0 saturated carbocycles. The van der Waals surface area contributed by atoms with Gasteiger partial charge in [0.05, 0.1) is 23.8 Å². The number of rotatable bonds is 9. The summed E-state index contributed by atoms with van der Waals surface area (Å²) >= 11 is 0. The zero-order chi connectivity index (χ0) is 21.8. The smallest absolute Gasteiger partial charge is 0.223 e. The van der Waals surface area contributed by atoms with Crippen molar-refractivity contribution in [3.63, 3.8) is 0 Å². The molecule has 0 radical (unpaired) electrons. The van der Waals surface area contributed by atoms with Gasteiger partial charge in [-0.3, -0.25) is 9.69 Å². The maximum atomic E-state index is 12.8. The van der Waals surface area contributed by atoms with Gasteiger partial charge in [0, 0.05) is 26.6 Å². The highest BCUT2D eigenvalue weighted by molar-refractivity contribution is 7.91. The van der Waals surface area contributed by atoms with Crippen LogP contribution in [0.25, 0.3) is 0 Å². The molecule has 1 atom stereocenters. The fourth-order valence-corrected chi connectivity index (χ4v) is 5.00. The average molecular weight is 437 g/mol. The zero-order valence-electron chi connectivity index (χ0n) is 17.6. The van der Waals surface area contributed by atoms with Crippen LogP contribution < -0.4 is 0 Å². The van der Waals surface area contributed by atoms with Gasteiger partial charge < -0.3 is 9.64 Å². The van der Waals surface area contributed by atoms with Crippen LogP contribution in [0.15, 0.2) is 35.2 Å². The molecule has 30 heavy (non-hydrogen) atoms. The molecule has 1 aromatic heterocycles. The fraction of sp³-hybridized carbons (Fsp3) is 0.579. The molecule has 2 aromatic rings. The van der Waals surface area contributed by atoms with Crippen molar-refractivity contribution in [2.75, 3.05) is 46.7 Å². The molecule has 3 rings (SSSR count). The lowest BCUT2D eigenvalue weighted by atomic mass is 9.96. The van der Waals surface area contributed by atoms with Gasteiger partial charge in [0.25, 0.3) is 0 Å². The van der Waals surface area contributed by atoms with E-state index in [1.54, 1.807) is 47.0 Å². The number of ether oxygens (including phenoxy) is 1. The summed E-state index contributed by atoms with van der Waals surface area (Å²) in [5, 5.41) is 12.1. The number of likely N-dealkylation sites (N-methyl/N-ethyl adjacent to an activating group) is 1. The Kier molecular flexibility index (Phi) is 6.84. The van der Waals surface area contributed by atoms with Crippen molar-refractivity contribution in [1.29, 1.82) is 0 Å². The van der Waals surface area contributed by atoms with E-state index in [0.29, 0.717) is 38.5 Å². The lowest BCUT2D eigenvalue weighted by Crippen LogP contribution is -2.47. The molecule has 1 aliphatic heterocycles. The van der Waals surface area contributed by atoms with Crippen LogP contribution in [0, 0.1) is 0 Å². The largest absolute Gasteiger partial charge is 0.383 e. The van der Waals surface area contributed by atoms with E-state index in [1.807, 2.05) is 19.0 Å². The van der Waals surface area contributed by atoms with Gasteiger partial charge in [-0.2, -0.15) is 0 Å². The number of carbonyl (C=O) groups excluding carboxylic acids is 1. The lowest BCUT2D eigenvalue weighted by Gasteiger charge is -2.34. The van der Waals surface area contributed by atoms with Crippen molar-refractivity contribution in [3.05, 3.63) is 36.2 Å². The third-order valence-electron chi connectivity index (χ3n) is 5.60. The molecule has 0 N–H and O–H groups in total. The first-order valence-corrected chi connectivity index (χ1v) is 11.4. The SMILES string of the molecule is COCCn1nnnc1C1(N(C)C)CCN(C(=O)CCS(=O)(=O)c2ccccc2)C1. The first-order chi connectivity index (χ1) is 14.3. The molecular formula is C19H28N6O4S. The molecular weight excluding hydrogens is 408 g/mol. The molecule has 0 bridgehead atoms. The summed E-state index contributed by atoms with van der Waals surface area (Å²) in [5.74, 6) is 0.276. The van der Waals surface area contributed by atoms with Crippen LogP contribution >= 0.6 is 0 Å². The van der Waals surface area contributed by atoms with Crippen molar-refractivity contribution in [2.45, 2.75) is 29.8 Å². The molecule has 164 valence electrons. The summed E-state index contributed by atoms with van der Waals surface area (Å²) in [6.07, 6.45) is 0.597. The Bertz CT molecular complexity index is 962. The van der Waals surface area contributed by atoms with Gasteiger partial charge in [0.2, 0.25) is 5.91 Å². The topological polar surface area (TPSA) is 111 Å². The Balaban J connectivity index is 1.71. The predicted molar refractivity (Wildman–Crippen MR) is 109 cm³/mol. The summed E-state index contributed by atoms with van der Waals surface area (Å²) in [5.41, 5.74) is -0.537. The Morgan fingerprint density at radius 2 is 2.00 bits per heavy atom. The highest BCUT2D eigenvalue weighted by Crippen LogP contribution is 2.35. The van der Waals surface area contributed by atoms with Crippen LogP contribution in [0.2, 0.25) is 0 Å². The minimum atomic E-state index is -3.50. The van der Waals surface area contributed by atoms with Gasteiger partial charge in [0.1, 0.15) is 5.54 Å². The number of hydrogen-bond acceptors (Lipinski definition) is 8. The highest BCUT2D eigenvalue weighted by Gasteiger charge is 2.47. The number of benzene rings is 1. The van der Waals surface area contributed by atoms with E-state index in [9.17, 15) is 13.2 Å². The monoisotopic (exact) mass is 436 g/mol. The molecule has 1 fully saturated rings. The van der Waals surface area contributed by atoms with Gasteiger partial charge in [-0.05, 0) is 43.1 Å². The quantitative estimate of drug-likeness (QED) is 0.547. The van der Waals surface area contributed by atoms with Crippen LogP contribution in [0.5, 0.6) is 0 Å². The normalized spacial score (nSPS) is 19.5. The minimum Gasteiger partial charge on any atom is -0.383 e. The molecule has 2 heterocycles. The van der Waals surface area contributed by atoms with E-state index in [0.717, 1.165) is 0 Å². The number of likely N-dealkylation sites (tertiary alicyclic amines) is 1. The summed E-state index contributed by atoms with van der Waals surface area (Å²) in [6, 6.07) is 8.21. The molecule has 11 heteroatoms. The van der Waals surface area contributed by atoms with Crippen LogP contribution in [-0.4, -0.2) is 91.0 Å². The second-order valence-corrected chi connectivity index (χ2v) is 9.70. The molecule has 0 aliphatic carbocycles. The van der Waals surface area contributed by atoms with Crippen molar-refractivity contribution >= 4 is 15.7 Å². The number of aromatic nitrogens is 4. The van der Waals surface area contributed by atoms with Gasteiger partial charge in [0.15, 0.2) is 15.7 Å². The van der Waals surface area contributed by atoms with Gasteiger partial charge >= 0.3 is 0 Å². The molecule has 1 aromatic carbocycles. The van der Waals surface area contributed by atoms with Crippen LogP contribution in [0.1, 0.15) is 18.7 Å². The molecule has 0 spiro atoms. The fourth-order valence-electron chi connectivity index (χ4n) is 3.75. The van der Waals surface area contributed by atoms with E-state index in [-0.39, 0.29) is 23.0 Å². The second kappa shape index (κ2) is 9.19. The summed E-state index contributed by atoms with van der Waals surface area (Å²) < 4.78 is 31.8. The maximum absolute atomic E-state index is 12.8. The summed E-state index contributed by atoms with van der Waals surface area (Å²) in [6.45, 7) is 1.90. The molecule has 1 saturated heterocycles. The minimum absolute atomic E-state index is 0.0602. The summed E-state index contributed by atoms with van der Waals surface area (Å²) in [7, 11) is 1.99. The summed E-state index contributed by atoms with van der Waals surface area (Å²) in [4.78, 5) is 16.8. The third-order valence-corrected chi connectivity index (χ3v) is 7.33. The number of hydrogen-bond donors (Lipinski definition) is 0. The van der Waals surface area contributed by atoms with Crippen LogP contribution in [-0.2, 0) is 31.5 Å². The van der Waals surface area contributed by atoms with E-state index < -0.39 is 15.4 Å². The standard InChI is InChI=1S/C19H28N6O4S/c1-23(2)19(18-20-21-22-25(18)12-13-29-3)10-11-24(15-19)17(26)9-14-30(27,28)16-7-5-4-6-8-16/h4-8H,9-15H2,1-3H3. The van der Waals surface area contributed by atoms with E-state index in [4.69, 9.17) is 4.74 Å². The Labute approximate surface area is 176 Å². The number of carbonyl (C=O) groups is 1. The number of methoxy groups -OCH3 is 1. The second-order valence-electron chi connectivity index (χ2n) is 7.59. The van der Waals surface area contributed by atoms with Crippen molar-refractivity contribution in [3.8, 4) is 0 Å². The number of amides is 1. The molecule has 1 unspecified atom stereocenters. The zero-order valence-corrected chi connectivity index (χ0v) is 18.4. The first-order valence-electron chi connectivity index (χ1n) is 9.79. The molecule has 1 amide bonds. The van der Waals surface area contributed by atoms with Crippen molar-refractivity contribution < 1.29 is 17.9 Å². The van der Waals surface area contributed by atoms with Gasteiger partial charge in [-0.15, -0.1) is 5.10 Å². The molecule has 10 nitrogen and oxygen atoms in total. The van der Waals surface area contributed by atoms with Crippen LogP contribution in [0.3, 0.4) is 0 Å². The number of sulfone groups is 1. The van der Waals surface area contributed by atoms with Crippen molar-refractivity contribution in [1.82, 2.24) is 30.0 Å². The van der Waals surface area contributed by atoms with E-state index >= 15 is 0 Å².